The van der Waals surface area contributed by atoms with Crippen LogP contribution in [0.3, 0.4) is 0 Å². The second kappa shape index (κ2) is 9.50. The molecular weight excluding hydrogens is 354 g/mol. The summed E-state index contributed by atoms with van der Waals surface area (Å²) in [5.41, 5.74) is 1.30. The molecule has 1 N–H and O–H groups in total. The highest BCUT2D eigenvalue weighted by Crippen LogP contribution is 2.13. The molecule has 1 fully saturated rings. The Balaban J connectivity index is 1.54. The van der Waals surface area contributed by atoms with E-state index in [1.54, 1.807) is 18.1 Å². The first-order valence-electron chi connectivity index (χ1n) is 9.80. The molecule has 2 aromatic rings. The van der Waals surface area contributed by atoms with Crippen molar-refractivity contribution in [1.82, 2.24) is 24.7 Å². The summed E-state index contributed by atoms with van der Waals surface area (Å²) in [6, 6.07) is 9.94. The summed E-state index contributed by atoms with van der Waals surface area (Å²) < 4.78 is 1.90. The molecular formula is C21H29N5O2. The summed E-state index contributed by atoms with van der Waals surface area (Å²) in [5, 5.41) is 2.90. The van der Waals surface area contributed by atoms with Crippen LogP contribution in [0.1, 0.15) is 24.2 Å². The van der Waals surface area contributed by atoms with Crippen molar-refractivity contribution in [1.29, 1.82) is 0 Å². The van der Waals surface area contributed by atoms with Gasteiger partial charge in [-0.05, 0) is 24.9 Å². The van der Waals surface area contributed by atoms with Gasteiger partial charge in [-0.15, -0.1) is 0 Å². The van der Waals surface area contributed by atoms with Crippen LogP contribution < -0.4 is 5.32 Å². The molecule has 1 atom stereocenters. The first kappa shape index (κ1) is 20.1. The number of piperazine rings is 1. The fraction of sp³-hybridized carbons (Fsp3) is 0.476. The minimum Gasteiger partial charge on any atom is -0.353 e. The second-order valence-corrected chi connectivity index (χ2v) is 7.34. The summed E-state index contributed by atoms with van der Waals surface area (Å²) in [6.07, 6.45) is 5.70. The Kier molecular flexibility index (Phi) is 6.81. The van der Waals surface area contributed by atoms with Crippen molar-refractivity contribution in [3.8, 4) is 0 Å². The number of aromatic nitrogens is 2. The highest BCUT2D eigenvalue weighted by Gasteiger charge is 2.32. The zero-order valence-corrected chi connectivity index (χ0v) is 16.7. The lowest BCUT2D eigenvalue weighted by Gasteiger charge is -2.35. The standard InChI is InChI=1S/C21H29N5O2/c1-24-13-10-22-19(24)16-25(2)20(27)15-18-21(28)23-11-14-26(18)12-6-9-17-7-4-3-5-8-17/h3-5,7-8,10,13,18H,6,9,11-12,14-16H2,1-2H3,(H,23,28). The number of rotatable bonds is 8. The molecule has 0 radical (unpaired) electrons. The van der Waals surface area contributed by atoms with Crippen molar-refractivity contribution in [2.45, 2.75) is 31.8 Å². The summed E-state index contributed by atoms with van der Waals surface area (Å²) in [4.78, 5) is 33.2. The first-order valence-corrected chi connectivity index (χ1v) is 9.80. The molecule has 28 heavy (non-hydrogen) atoms. The molecule has 1 saturated heterocycles. The highest BCUT2D eigenvalue weighted by atomic mass is 16.2. The fourth-order valence-electron chi connectivity index (χ4n) is 3.55. The Labute approximate surface area is 166 Å². The minimum absolute atomic E-state index is 0.0434. The molecule has 150 valence electrons. The molecule has 1 aromatic heterocycles. The molecule has 3 rings (SSSR count). The molecule has 1 aliphatic heterocycles. The molecule has 7 heteroatoms. The van der Waals surface area contributed by atoms with E-state index >= 15 is 0 Å². The molecule has 7 nitrogen and oxygen atoms in total. The molecule has 1 unspecified atom stereocenters. The third-order valence-corrected chi connectivity index (χ3v) is 5.29. The first-order chi connectivity index (χ1) is 13.5. The number of imidazole rings is 1. The Morgan fingerprint density at radius 2 is 2.11 bits per heavy atom. The van der Waals surface area contributed by atoms with Gasteiger partial charge in [-0.2, -0.15) is 0 Å². The van der Waals surface area contributed by atoms with Crippen LogP contribution in [0.2, 0.25) is 0 Å². The predicted octanol–water partition coefficient (Wildman–Crippen LogP) is 1.20. The summed E-state index contributed by atoms with van der Waals surface area (Å²) in [6.45, 7) is 2.66. The third-order valence-electron chi connectivity index (χ3n) is 5.29. The Morgan fingerprint density at radius 1 is 1.32 bits per heavy atom. The number of hydrogen-bond acceptors (Lipinski definition) is 4. The fourth-order valence-corrected chi connectivity index (χ4v) is 3.55. The van der Waals surface area contributed by atoms with Crippen LogP contribution in [-0.4, -0.2) is 63.9 Å². The van der Waals surface area contributed by atoms with E-state index in [0.29, 0.717) is 13.1 Å². The summed E-state index contributed by atoms with van der Waals surface area (Å²) >= 11 is 0. The monoisotopic (exact) mass is 383 g/mol. The lowest BCUT2D eigenvalue weighted by atomic mass is 10.1. The van der Waals surface area contributed by atoms with Crippen molar-refractivity contribution in [2.75, 3.05) is 26.7 Å². The van der Waals surface area contributed by atoms with Crippen molar-refractivity contribution in [3.63, 3.8) is 0 Å². The number of benzene rings is 1. The lowest BCUT2D eigenvalue weighted by Crippen LogP contribution is -2.56. The van der Waals surface area contributed by atoms with Gasteiger partial charge >= 0.3 is 0 Å². The van der Waals surface area contributed by atoms with Crippen LogP contribution >= 0.6 is 0 Å². The van der Waals surface area contributed by atoms with Crippen molar-refractivity contribution in [2.24, 2.45) is 7.05 Å². The van der Waals surface area contributed by atoms with Gasteiger partial charge < -0.3 is 14.8 Å². The van der Waals surface area contributed by atoms with Crippen LogP contribution in [0.4, 0.5) is 0 Å². The van der Waals surface area contributed by atoms with E-state index in [2.05, 4.69) is 27.3 Å². The maximum atomic E-state index is 12.7. The van der Waals surface area contributed by atoms with Gasteiger partial charge in [0, 0.05) is 39.6 Å². The highest BCUT2D eigenvalue weighted by molar-refractivity contribution is 5.88. The molecule has 1 aliphatic rings. The van der Waals surface area contributed by atoms with Crippen molar-refractivity contribution >= 4 is 11.8 Å². The zero-order chi connectivity index (χ0) is 19.9. The molecule has 0 aliphatic carbocycles. The predicted molar refractivity (Wildman–Crippen MR) is 107 cm³/mol. The Morgan fingerprint density at radius 3 is 2.82 bits per heavy atom. The van der Waals surface area contributed by atoms with Gasteiger partial charge in [0.05, 0.1) is 19.0 Å². The summed E-state index contributed by atoms with van der Waals surface area (Å²) in [7, 11) is 3.67. The molecule has 2 amide bonds. The average molecular weight is 383 g/mol. The molecule has 2 heterocycles. The van der Waals surface area contributed by atoms with E-state index in [1.807, 2.05) is 36.0 Å². The van der Waals surface area contributed by atoms with Crippen molar-refractivity contribution in [3.05, 3.63) is 54.1 Å². The smallest absolute Gasteiger partial charge is 0.237 e. The molecule has 0 bridgehead atoms. The van der Waals surface area contributed by atoms with Gasteiger partial charge in [-0.25, -0.2) is 4.98 Å². The van der Waals surface area contributed by atoms with E-state index in [4.69, 9.17) is 0 Å². The Hall–Kier alpha value is -2.67. The number of carbonyl (C=O) groups excluding carboxylic acids is 2. The average Bonchev–Trinajstić information content (AvgIpc) is 3.09. The maximum Gasteiger partial charge on any atom is 0.237 e. The van der Waals surface area contributed by atoms with Crippen LogP contribution in [-0.2, 0) is 29.6 Å². The van der Waals surface area contributed by atoms with Crippen LogP contribution in [0.5, 0.6) is 0 Å². The maximum absolute atomic E-state index is 12.7. The quantitative estimate of drug-likeness (QED) is 0.744. The number of nitrogens with one attached hydrogen (secondary N) is 1. The van der Waals surface area contributed by atoms with Crippen LogP contribution in [0, 0.1) is 0 Å². The van der Waals surface area contributed by atoms with Crippen molar-refractivity contribution < 1.29 is 9.59 Å². The van der Waals surface area contributed by atoms with Gasteiger partial charge in [0.1, 0.15) is 5.82 Å². The van der Waals surface area contributed by atoms with E-state index in [1.165, 1.54) is 5.56 Å². The number of aryl methyl sites for hydroxylation is 2. The topological polar surface area (TPSA) is 70.5 Å². The van der Waals surface area contributed by atoms with Gasteiger partial charge in [0.2, 0.25) is 11.8 Å². The van der Waals surface area contributed by atoms with Gasteiger partial charge in [-0.1, -0.05) is 30.3 Å². The number of carbonyl (C=O) groups is 2. The van der Waals surface area contributed by atoms with Crippen LogP contribution in [0.15, 0.2) is 42.7 Å². The number of nitrogens with zero attached hydrogens (tertiary/aromatic N) is 4. The largest absolute Gasteiger partial charge is 0.353 e. The Bertz CT molecular complexity index is 789. The van der Waals surface area contributed by atoms with E-state index in [-0.39, 0.29) is 18.2 Å². The van der Waals surface area contributed by atoms with Gasteiger partial charge in [0.15, 0.2) is 0 Å². The van der Waals surface area contributed by atoms with E-state index in [9.17, 15) is 9.59 Å². The van der Waals surface area contributed by atoms with Gasteiger partial charge in [-0.3, -0.25) is 14.5 Å². The number of hydrogen-bond donors (Lipinski definition) is 1. The molecule has 0 saturated carbocycles. The van der Waals surface area contributed by atoms with E-state index in [0.717, 1.165) is 31.8 Å². The second-order valence-electron chi connectivity index (χ2n) is 7.34. The lowest BCUT2D eigenvalue weighted by molar-refractivity contribution is -0.138. The third kappa shape index (κ3) is 5.19. The van der Waals surface area contributed by atoms with E-state index < -0.39 is 6.04 Å². The van der Waals surface area contributed by atoms with Gasteiger partial charge in [0.25, 0.3) is 0 Å². The SMILES string of the molecule is CN(Cc1nccn1C)C(=O)CC1C(=O)NCCN1CCCc1ccccc1. The van der Waals surface area contributed by atoms with Crippen LogP contribution in [0.25, 0.3) is 0 Å². The normalized spacial score (nSPS) is 17.4. The zero-order valence-electron chi connectivity index (χ0n) is 16.7. The summed E-state index contributed by atoms with van der Waals surface area (Å²) in [5.74, 6) is 0.728. The number of amides is 2. The minimum atomic E-state index is -0.402. The molecule has 1 aromatic carbocycles. The molecule has 0 spiro atoms.